The van der Waals surface area contributed by atoms with E-state index in [0.717, 1.165) is 51.6 Å². The molecule has 2 N–H and O–H groups in total. The number of nitrogens with zero attached hydrogens (tertiary/aromatic N) is 3. The number of aliphatic imine (C=N–C) groups is 1. The monoisotopic (exact) mass is 499 g/mol. The van der Waals surface area contributed by atoms with Crippen LogP contribution in [0.1, 0.15) is 24.9 Å². The molecule has 3 aromatic carbocycles. The lowest BCUT2D eigenvalue weighted by Crippen LogP contribution is -2.43. The SMILES string of the molecule is CC1=C(C(=O)N(C)C)[C@@H](c2ccc(NC(=O)Nc3cccc4ccccc34)cc2)N2CCCSC2=N1. The van der Waals surface area contributed by atoms with E-state index in [1.54, 1.807) is 30.8 Å². The van der Waals surface area contributed by atoms with Gasteiger partial charge in [-0.05, 0) is 42.5 Å². The first-order valence-corrected chi connectivity index (χ1v) is 13.0. The Kier molecular flexibility index (Phi) is 6.69. The molecule has 2 heterocycles. The number of hydrogen-bond donors (Lipinski definition) is 2. The van der Waals surface area contributed by atoms with Crippen molar-refractivity contribution in [3.05, 3.63) is 83.6 Å². The highest BCUT2D eigenvalue weighted by Crippen LogP contribution is 2.40. The van der Waals surface area contributed by atoms with Gasteiger partial charge in [-0.1, -0.05) is 60.3 Å². The minimum absolute atomic E-state index is 0.0347. The Morgan fingerprint density at radius 3 is 2.53 bits per heavy atom. The molecule has 0 radical (unpaired) electrons. The van der Waals surface area contributed by atoms with Gasteiger partial charge in [-0.25, -0.2) is 9.79 Å². The van der Waals surface area contributed by atoms with Crippen LogP contribution in [0.5, 0.6) is 0 Å². The molecule has 1 atom stereocenters. The molecule has 5 rings (SSSR count). The number of amides is 3. The summed E-state index contributed by atoms with van der Waals surface area (Å²) in [5.41, 5.74) is 3.88. The smallest absolute Gasteiger partial charge is 0.323 e. The van der Waals surface area contributed by atoms with Gasteiger partial charge in [0.25, 0.3) is 5.91 Å². The fourth-order valence-electron chi connectivity index (χ4n) is 4.70. The van der Waals surface area contributed by atoms with E-state index in [-0.39, 0.29) is 18.0 Å². The minimum Gasteiger partial charge on any atom is -0.345 e. The molecule has 1 saturated heterocycles. The van der Waals surface area contributed by atoms with Crippen LogP contribution in [0.15, 0.2) is 83.0 Å². The van der Waals surface area contributed by atoms with Crippen molar-refractivity contribution in [2.24, 2.45) is 4.99 Å². The topological polar surface area (TPSA) is 77.0 Å². The predicted molar refractivity (Wildman–Crippen MR) is 148 cm³/mol. The number of likely N-dealkylation sites (N-methyl/N-ethyl adjacent to an activating group) is 1. The first-order valence-electron chi connectivity index (χ1n) is 12.0. The van der Waals surface area contributed by atoms with Crippen molar-refractivity contribution in [1.82, 2.24) is 9.80 Å². The van der Waals surface area contributed by atoms with Crippen LogP contribution in [-0.2, 0) is 4.79 Å². The quantitative estimate of drug-likeness (QED) is 0.483. The van der Waals surface area contributed by atoms with Gasteiger partial charge in [-0.2, -0.15) is 0 Å². The molecule has 0 spiro atoms. The van der Waals surface area contributed by atoms with Gasteiger partial charge < -0.3 is 20.4 Å². The van der Waals surface area contributed by atoms with Crippen LogP contribution in [0.2, 0.25) is 0 Å². The molecule has 3 amide bonds. The lowest BCUT2D eigenvalue weighted by atomic mass is 9.93. The highest BCUT2D eigenvalue weighted by atomic mass is 32.2. The third-order valence-corrected chi connectivity index (χ3v) is 7.49. The van der Waals surface area contributed by atoms with E-state index >= 15 is 0 Å². The van der Waals surface area contributed by atoms with Crippen molar-refractivity contribution in [3.8, 4) is 0 Å². The number of fused-ring (bicyclic) bond motifs is 2. The summed E-state index contributed by atoms with van der Waals surface area (Å²) in [4.78, 5) is 34.5. The van der Waals surface area contributed by atoms with Gasteiger partial charge in [0.1, 0.15) is 0 Å². The average Bonchev–Trinajstić information content (AvgIpc) is 2.88. The number of nitrogens with one attached hydrogen (secondary N) is 2. The minimum atomic E-state index is -0.308. The van der Waals surface area contributed by atoms with Crippen LogP contribution in [-0.4, -0.2) is 53.3 Å². The fourth-order valence-corrected chi connectivity index (χ4v) is 5.72. The van der Waals surface area contributed by atoms with E-state index in [4.69, 9.17) is 4.99 Å². The van der Waals surface area contributed by atoms with Crippen molar-refractivity contribution < 1.29 is 9.59 Å². The summed E-state index contributed by atoms with van der Waals surface area (Å²) < 4.78 is 0. The normalized spacial score (nSPS) is 17.4. The molecule has 8 heteroatoms. The molecular formula is C28H29N5O2S. The van der Waals surface area contributed by atoms with Crippen LogP contribution < -0.4 is 10.6 Å². The summed E-state index contributed by atoms with van der Waals surface area (Å²) in [6.45, 7) is 2.76. The number of anilines is 2. The number of amidine groups is 1. The molecule has 2 aliphatic rings. The Morgan fingerprint density at radius 2 is 1.75 bits per heavy atom. The molecular weight excluding hydrogens is 470 g/mol. The molecule has 2 aliphatic heterocycles. The molecule has 0 aromatic heterocycles. The van der Waals surface area contributed by atoms with Gasteiger partial charge in [0, 0.05) is 37.5 Å². The number of benzene rings is 3. The Morgan fingerprint density at radius 1 is 1.00 bits per heavy atom. The van der Waals surface area contributed by atoms with Crippen LogP contribution in [0, 0.1) is 0 Å². The number of carbonyl (C=O) groups excluding carboxylic acids is 2. The Balaban J connectivity index is 1.37. The highest BCUT2D eigenvalue weighted by molar-refractivity contribution is 8.13. The summed E-state index contributed by atoms with van der Waals surface area (Å²) >= 11 is 1.74. The number of thioether (sulfide) groups is 1. The predicted octanol–water partition coefficient (Wildman–Crippen LogP) is 5.70. The standard InChI is InChI=1S/C28H29N5O2S/c1-18-24(26(34)32(2)3)25(33-16-7-17-36-28(33)29-18)20-12-14-21(15-13-20)30-27(35)31-23-11-6-9-19-8-4-5-10-22(19)23/h4-6,8-15,25H,7,16-17H2,1-3H3,(H2,30,31,35)/t25-/m1/s1. The maximum absolute atomic E-state index is 13.1. The zero-order valence-corrected chi connectivity index (χ0v) is 21.4. The van der Waals surface area contributed by atoms with Crippen molar-refractivity contribution >= 4 is 51.0 Å². The van der Waals surface area contributed by atoms with E-state index in [0.29, 0.717) is 11.3 Å². The third kappa shape index (κ3) is 4.68. The largest absolute Gasteiger partial charge is 0.345 e. The second kappa shape index (κ2) is 10.1. The molecule has 0 aliphatic carbocycles. The third-order valence-electron chi connectivity index (χ3n) is 6.42. The number of rotatable bonds is 4. The lowest BCUT2D eigenvalue weighted by Gasteiger charge is -2.41. The average molecular weight is 500 g/mol. The number of hydrogen-bond acceptors (Lipinski definition) is 5. The van der Waals surface area contributed by atoms with Crippen LogP contribution in [0.4, 0.5) is 16.2 Å². The van der Waals surface area contributed by atoms with Gasteiger partial charge in [-0.15, -0.1) is 0 Å². The summed E-state index contributed by atoms with van der Waals surface area (Å²) in [5.74, 6) is 0.994. The molecule has 7 nitrogen and oxygen atoms in total. The molecule has 0 saturated carbocycles. The summed E-state index contributed by atoms with van der Waals surface area (Å²) in [5, 5.41) is 8.90. The maximum atomic E-state index is 13.1. The van der Waals surface area contributed by atoms with E-state index in [2.05, 4.69) is 15.5 Å². The maximum Gasteiger partial charge on any atom is 0.323 e. The van der Waals surface area contributed by atoms with Crippen molar-refractivity contribution in [2.75, 3.05) is 37.0 Å². The van der Waals surface area contributed by atoms with E-state index < -0.39 is 0 Å². The zero-order valence-electron chi connectivity index (χ0n) is 20.6. The molecule has 1 fully saturated rings. The number of urea groups is 1. The Labute approximate surface area is 215 Å². The van der Waals surface area contributed by atoms with E-state index in [9.17, 15) is 9.59 Å². The van der Waals surface area contributed by atoms with Crippen molar-refractivity contribution in [3.63, 3.8) is 0 Å². The molecule has 36 heavy (non-hydrogen) atoms. The number of allylic oxidation sites excluding steroid dienone is 1. The van der Waals surface area contributed by atoms with Gasteiger partial charge in [-0.3, -0.25) is 4.79 Å². The van der Waals surface area contributed by atoms with E-state index in [1.165, 1.54) is 0 Å². The Hall–Kier alpha value is -3.78. The highest BCUT2D eigenvalue weighted by Gasteiger charge is 2.37. The van der Waals surface area contributed by atoms with Crippen LogP contribution >= 0.6 is 11.8 Å². The second-order valence-electron chi connectivity index (χ2n) is 9.12. The van der Waals surface area contributed by atoms with E-state index in [1.807, 2.05) is 73.7 Å². The van der Waals surface area contributed by atoms with Gasteiger partial charge in [0.15, 0.2) is 5.17 Å². The molecule has 0 unspecified atom stereocenters. The summed E-state index contributed by atoms with van der Waals surface area (Å²) in [7, 11) is 3.54. The van der Waals surface area contributed by atoms with Crippen LogP contribution in [0.3, 0.4) is 0 Å². The van der Waals surface area contributed by atoms with Gasteiger partial charge in [0.05, 0.1) is 23.0 Å². The summed E-state index contributed by atoms with van der Waals surface area (Å²) in [6, 6.07) is 21.0. The van der Waals surface area contributed by atoms with Gasteiger partial charge >= 0.3 is 6.03 Å². The molecule has 3 aromatic rings. The van der Waals surface area contributed by atoms with Crippen LogP contribution in [0.25, 0.3) is 10.8 Å². The zero-order chi connectivity index (χ0) is 25.2. The Bertz CT molecular complexity index is 1370. The lowest BCUT2D eigenvalue weighted by molar-refractivity contribution is -0.125. The first kappa shape index (κ1) is 23.9. The second-order valence-corrected chi connectivity index (χ2v) is 10.2. The number of carbonyl (C=O) groups is 2. The molecule has 0 bridgehead atoms. The fraction of sp³-hybridized carbons (Fsp3) is 0.250. The van der Waals surface area contributed by atoms with Gasteiger partial charge in [0.2, 0.25) is 0 Å². The van der Waals surface area contributed by atoms with Crippen molar-refractivity contribution in [1.29, 1.82) is 0 Å². The molecule has 184 valence electrons. The van der Waals surface area contributed by atoms with Crippen molar-refractivity contribution in [2.45, 2.75) is 19.4 Å². The first-order chi connectivity index (χ1) is 17.4. The summed E-state index contributed by atoms with van der Waals surface area (Å²) in [6.07, 6.45) is 1.04.